The molecule has 0 saturated heterocycles. The fourth-order valence-corrected chi connectivity index (χ4v) is 4.31. The van der Waals surface area contributed by atoms with Gasteiger partial charge in [-0.2, -0.15) is 0 Å². The molecule has 0 radical (unpaired) electrons. The Balaban J connectivity index is 1.61. The van der Waals surface area contributed by atoms with Crippen molar-refractivity contribution in [2.75, 3.05) is 4.72 Å². The van der Waals surface area contributed by atoms with Gasteiger partial charge in [0.1, 0.15) is 0 Å². The zero-order chi connectivity index (χ0) is 19.7. The van der Waals surface area contributed by atoms with Crippen molar-refractivity contribution in [3.63, 3.8) is 0 Å². The van der Waals surface area contributed by atoms with Crippen molar-refractivity contribution < 1.29 is 8.42 Å². The Bertz CT molecular complexity index is 1250. The minimum absolute atomic E-state index is 0.0746. The van der Waals surface area contributed by atoms with Crippen LogP contribution in [0.5, 0.6) is 0 Å². The van der Waals surface area contributed by atoms with E-state index in [2.05, 4.69) is 14.7 Å². The monoisotopic (exact) mass is 392 g/mol. The quantitative estimate of drug-likeness (QED) is 0.558. The van der Waals surface area contributed by atoms with Crippen LogP contribution in [-0.4, -0.2) is 22.8 Å². The average molecular weight is 392 g/mol. The molecule has 0 spiro atoms. The second-order valence-corrected chi connectivity index (χ2v) is 8.49. The molecule has 0 aliphatic carbocycles. The van der Waals surface area contributed by atoms with Gasteiger partial charge in [-0.3, -0.25) is 9.12 Å². The van der Waals surface area contributed by atoms with Crippen LogP contribution >= 0.6 is 0 Å². The molecule has 0 aliphatic rings. The van der Waals surface area contributed by atoms with Gasteiger partial charge in [-0.05, 0) is 37.6 Å². The summed E-state index contributed by atoms with van der Waals surface area (Å²) in [7, 11) is -3.52. The molecule has 0 unspecified atom stereocenters. The topological polar surface area (TPSA) is 76.4 Å². The lowest BCUT2D eigenvalue weighted by atomic mass is 10.1. The number of aromatic nitrogens is 3. The van der Waals surface area contributed by atoms with E-state index in [1.165, 1.54) is 0 Å². The van der Waals surface area contributed by atoms with Crippen LogP contribution in [0, 0.1) is 13.8 Å². The van der Waals surface area contributed by atoms with Crippen molar-refractivity contribution in [1.29, 1.82) is 0 Å². The van der Waals surface area contributed by atoms with Crippen molar-refractivity contribution >= 4 is 21.5 Å². The molecule has 4 aromatic rings. The zero-order valence-electron chi connectivity index (χ0n) is 15.6. The Labute approximate surface area is 164 Å². The molecule has 4 rings (SSSR count). The highest BCUT2D eigenvalue weighted by atomic mass is 32.2. The van der Waals surface area contributed by atoms with Gasteiger partial charge < -0.3 is 0 Å². The van der Waals surface area contributed by atoms with Gasteiger partial charge in [0.2, 0.25) is 15.8 Å². The van der Waals surface area contributed by atoms with Gasteiger partial charge in [-0.1, -0.05) is 42.0 Å². The van der Waals surface area contributed by atoms with Gasteiger partial charge in [-0.15, -0.1) is 0 Å². The van der Waals surface area contributed by atoms with E-state index in [1.54, 1.807) is 18.3 Å². The van der Waals surface area contributed by atoms with Crippen LogP contribution < -0.4 is 4.72 Å². The minimum Gasteiger partial charge on any atom is -0.288 e. The summed E-state index contributed by atoms with van der Waals surface area (Å²) in [6, 6.07) is 16.6. The number of sulfonamides is 1. The summed E-state index contributed by atoms with van der Waals surface area (Å²) in [6.07, 6.45) is 3.60. The molecule has 142 valence electrons. The Morgan fingerprint density at radius 1 is 1.04 bits per heavy atom. The standard InChI is InChI=1S/C21H20N4O2S/c1-15-7-9-17(10-8-15)14-28(26,27)24-19-6-3-5-18(13-19)20-16(2)25-12-4-11-22-21(25)23-20/h3-13,24H,14H2,1-2H3. The van der Waals surface area contributed by atoms with E-state index in [0.29, 0.717) is 11.5 Å². The lowest BCUT2D eigenvalue weighted by Gasteiger charge is -2.10. The van der Waals surface area contributed by atoms with E-state index in [4.69, 9.17) is 0 Å². The SMILES string of the molecule is Cc1ccc(CS(=O)(=O)Nc2cccc(-c3nc4ncccn4c3C)c2)cc1. The van der Waals surface area contributed by atoms with E-state index < -0.39 is 10.0 Å². The summed E-state index contributed by atoms with van der Waals surface area (Å²) in [4.78, 5) is 8.83. The maximum Gasteiger partial charge on any atom is 0.236 e. The second-order valence-electron chi connectivity index (χ2n) is 6.76. The van der Waals surface area contributed by atoms with Gasteiger partial charge in [0.05, 0.1) is 11.4 Å². The third-order valence-electron chi connectivity index (χ3n) is 4.53. The number of nitrogens with one attached hydrogen (secondary N) is 1. The summed E-state index contributed by atoms with van der Waals surface area (Å²) < 4.78 is 29.7. The van der Waals surface area contributed by atoms with Gasteiger partial charge in [0.25, 0.3) is 0 Å². The van der Waals surface area contributed by atoms with Crippen LogP contribution in [0.15, 0.2) is 67.0 Å². The highest BCUT2D eigenvalue weighted by molar-refractivity contribution is 7.91. The number of anilines is 1. The molecule has 0 saturated carbocycles. The highest BCUT2D eigenvalue weighted by Gasteiger charge is 2.14. The van der Waals surface area contributed by atoms with Crippen LogP contribution in [-0.2, 0) is 15.8 Å². The molecule has 1 N–H and O–H groups in total. The average Bonchev–Trinajstić information content (AvgIpc) is 3.00. The normalized spacial score (nSPS) is 11.6. The first-order valence-corrected chi connectivity index (χ1v) is 10.5. The predicted octanol–water partition coefficient (Wildman–Crippen LogP) is 3.96. The Morgan fingerprint density at radius 2 is 1.82 bits per heavy atom. The number of fused-ring (bicyclic) bond motifs is 1. The molecule has 28 heavy (non-hydrogen) atoms. The largest absolute Gasteiger partial charge is 0.288 e. The number of hydrogen-bond donors (Lipinski definition) is 1. The Kier molecular flexibility index (Phi) is 4.60. The highest BCUT2D eigenvalue weighted by Crippen LogP contribution is 2.26. The lowest BCUT2D eigenvalue weighted by molar-refractivity contribution is 0.600. The number of hydrogen-bond acceptors (Lipinski definition) is 4. The molecule has 7 heteroatoms. The van der Waals surface area contributed by atoms with Crippen molar-refractivity contribution in [3.8, 4) is 11.3 Å². The number of nitrogens with zero attached hydrogens (tertiary/aromatic N) is 3. The number of imidazole rings is 1. The molecule has 0 fully saturated rings. The van der Waals surface area contributed by atoms with Crippen molar-refractivity contribution in [1.82, 2.24) is 14.4 Å². The van der Waals surface area contributed by atoms with E-state index in [9.17, 15) is 8.42 Å². The number of benzene rings is 2. The first-order chi connectivity index (χ1) is 13.4. The van der Waals surface area contributed by atoms with Gasteiger partial charge >= 0.3 is 0 Å². The van der Waals surface area contributed by atoms with Crippen LogP contribution in [0.1, 0.15) is 16.8 Å². The zero-order valence-corrected chi connectivity index (χ0v) is 16.4. The minimum atomic E-state index is -3.52. The van der Waals surface area contributed by atoms with E-state index >= 15 is 0 Å². The molecule has 0 aliphatic heterocycles. The van der Waals surface area contributed by atoms with Crippen LogP contribution in [0.25, 0.3) is 17.0 Å². The van der Waals surface area contributed by atoms with Crippen molar-refractivity contribution in [2.45, 2.75) is 19.6 Å². The summed E-state index contributed by atoms with van der Waals surface area (Å²) >= 11 is 0. The van der Waals surface area contributed by atoms with Gasteiger partial charge in [0.15, 0.2) is 0 Å². The molecule has 0 amide bonds. The second kappa shape index (κ2) is 7.09. The molecule has 2 heterocycles. The fraction of sp³-hybridized carbons (Fsp3) is 0.143. The smallest absolute Gasteiger partial charge is 0.236 e. The van der Waals surface area contributed by atoms with Gasteiger partial charge in [0, 0.05) is 29.3 Å². The summed E-state index contributed by atoms with van der Waals surface area (Å²) in [5, 5.41) is 0. The van der Waals surface area contributed by atoms with E-state index in [1.807, 2.05) is 66.9 Å². The third-order valence-corrected chi connectivity index (χ3v) is 5.79. The predicted molar refractivity (Wildman–Crippen MR) is 111 cm³/mol. The van der Waals surface area contributed by atoms with Crippen molar-refractivity contribution in [3.05, 3.63) is 83.8 Å². The van der Waals surface area contributed by atoms with Crippen molar-refractivity contribution in [2.24, 2.45) is 0 Å². The Hall–Kier alpha value is -3.19. The number of rotatable bonds is 5. The molecular weight excluding hydrogens is 372 g/mol. The summed E-state index contributed by atoms with van der Waals surface area (Å²) in [5.41, 5.74) is 4.91. The fourth-order valence-electron chi connectivity index (χ4n) is 3.13. The lowest BCUT2D eigenvalue weighted by Crippen LogP contribution is -2.15. The first-order valence-electron chi connectivity index (χ1n) is 8.87. The first kappa shape index (κ1) is 18.2. The molecule has 2 aromatic heterocycles. The van der Waals surface area contributed by atoms with Crippen LogP contribution in [0.4, 0.5) is 5.69 Å². The van der Waals surface area contributed by atoms with Crippen LogP contribution in [0.3, 0.4) is 0 Å². The Morgan fingerprint density at radius 3 is 2.57 bits per heavy atom. The number of aryl methyl sites for hydroxylation is 2. The van der Waals surface area contributed by atoms with E-state index in [-0.39, 0.29) is 5.75 Å². The maximum atomic E-state index is 12.6. The van der Waals surface area contributed by atoms with Crippen LogP contribution in [0.2, 0.25) is 0 Å². The summed E-state index contributed by atoms with van der Waals surface area (Å²) in [5.74, 6) is 0.537. The molecule has 2 aromatic carbocycles. The summed E-state index contributed by atoms with van der Waals surface area (Å²) in [6.45, 7) is 3.93. The van der Waals surface area contributed by atoms with E-state index in [0.717, 1.165) is 28.1 Å². The molecular formula is C21H20N4O2S. The molecule has 0 atom stereocenters. The molecule has 0 bridgehead atoms. The van der Waals surface area contributed by atoms with Gasteiger partial charge in [-0.25, -0.2) is 18.4 Å². The molecule has 6 nitrogen and oxygen atoms in total. The maximum absolute atomic E-state index is 12.6. The third kappa shape index (κ3) is 3.75.